The molecular formula is C78H145NO5. The van der Waals surface area contributed by atoms with Crippen LogP contribution in [0, 0.1) is 0 Å². The van der Waals surface area contributed by atoms with Crippen LogP contribution in [-0.4, -0.2) is 47.4 Å². The van der Waals surface area contributed by atoms with E-state index >= 15 is 0 Å². The van der Waals surface area contributed by atoms with Gasteiger partial charge in [0.2, 0.25) is 5.91 Å². The van der Waals surface area contributed by atoms with Crippen LogP contribution in [0.5, 0.6) is 0 Å². The average molecular weight is 1180 g/mol. The van der Waals surface area contributed by atoms with Crippen LogP contribution in [0.4, 0.5) is 0 Å². The topological polar surface area (TPSA) is 95.9 Å². The van der Waals surface area contributed by atoms with Gasteiger partial charge in [0, 0.05) is 12.8 Å². The third-order valence-corrected chi connectivity index (χ3v) is 17.3. The number of allylic oxidation sites excluding steroid dienone is 9. The first-order valence-corrected chi connectivity index (χ1v) is 37.6. The molecule has 0 saturated heterocycles. The zero-order valence-corrected chi connectivity index (χ0v) is 56.4. The van der Waals surface area contributed by atoms with E-state index in [1.807, 2.05) is 6.08 Å². The van der Waals surface area contributed by atoms with Crippen LogP contribution in [0.2, 0.25) is 0 Å². The van der Waals surface area contributed by atoms with Gasteiger partial charge in [-0.15, -0.1) is 0 Å². The zero-order valence-electron chi connectivity index (χ0n) is 56.4. The summed E-state index contributed by atoms with van der Waals surface area (Å²) in [7, 11) is 0. The molecule has 0 saturated carbocycles. The lowest BCUT2D eigenvalue weighted by atomic mass is 10.0. The van der Waals surface area contributed by atoms with Crippen molar-refractivity contribution in [1.82, 2.24) is 5.32 Å². The van der Waals surface area contributed by atoms with Gasteiger partial charge in [-0.2, -0.15) is 0 Å². The lowest BCUT2D eigenvalue weighted by Gasteiger charge is -2.20. The summed E-state index contributed by atoms with van der Waals surface area (Å²) in [6.07, 6.45) is 97.4. The molecule has 0 bridgehead atoms. The Morgan fingerprint density at radius 3 is 0.917 bits per heavy atom. The van der Waals surface area contributed by atoms with Gasteiger partial charge < -0.3 is 20.3 Å². The molecule has 0 heterocycles. The number of ether oxygens (including phenoxy) is 1. The molecule has 1 amide bonds. The van der Waals surface area contributed by atoms with E-state index in [-0.39, 0.29) is 18.5 Å². The van der Waals surface area contributed by atoms with Gasteiger partial charge >= 0.3 is 5.97 Å². The molecule has 0 aliphatic carbocycles. The molecule has 0 aromatic carbocycles. The molecule has 3 N–H and O–H groups in total. The smallest absolute Gasteiger partial charge is 0.305 e. The number of aliphatic hydroxyl groups is 2. The van der Waals surface area contributed by atoms with E-state index in [0.717, 1.165) is 57.8 Å². The second-order valence-electron chi connectivity index (χ2n) is 25.6. The number of hydrogen-bond donors (Lipinski definition) is 3. The second-order valence-corrected chi connectivity index (χ2v) is 25.6. The van der Waals surface area contributed by atoms with Crippen molar-refractivity contribution in [1.29, 1.82) is 0 Å². The van der Waals surface area contributed by atoms with Crippen LogP contribution in [0.25, 0.3) is 0 Å². The van der Waals surface area contributed by atoms with Gasteiger partial charge in [-0.3, -0.25) is 9.59 Å². The fourth-order valence-corrected chi connectivity index (χ4v) is 11.5. The molecule has 492 valence electrons. The second kappa shape index (κ2) is 73.0. The molecule has 84 heavy (non-hydrogen) atoms. The first kappa shape index (κ1) is 81.6. The molecule has 0 aliphatic rings. The van der Waals surface area contributed by atoms with Gasteiger partial charge in [0.15, 0.2) is 0 Å². The largest absolute Gasteiger partial charge is 0.466 e. The quantitative estimate of drug-likeness (QED) is 0.0320. The van der Waals surface area contributed by atoms with E-state index in [0.29, 0.717) is 19.4 Å². The number of carbonyl (C=O) groups is 2. The zero-order chi connectivity index (χ0) is 60.6. The Bertz CT molecular complexity index is 1450. The Kier molecular flexibility index (Phi) is 70.9. The molecule has 0 fully saturated rings. The first-order chi connectivity index (χ1) is 41.5. The van der Waals surface area contributed by atoms with Gasteiger partial charge in [-0.05, 0) is 96.3 Å². The summed E-state index contributed by atoms with van der Waals surface area (Å²) < 4.78 is 5.49. The molecule has 6 nitrogen and oxygen atoms in total. The Hall–Kier alpha value is -2.44. The molecule has 0 rings (SSSR count). The van der Waals surface area contributed by atoms with Crippen LogP contribution in [0.1, 0.15) is 399 Å². The first-order valence-electron chi connectivity index (χ1n) is 37.6. The number of amides is 1. The molecule has 2 unspecified atom stereocenters. The molecule has 0 radical (unpaired) electrons. The third-order valence-electron chi connectivity index (χ3n) is 17.3. The van der Waals surface area contributed by atoms with E-state index < -0.39 is 12.1 Å². The van der Waals surface area contributed by atoms with Crippen molar-refractivity contribution in [3.05, 3.63) is 60.8 Å². The van der Waals surface area contributed by atoms with Crippen LogP contribution < -0.4 is 5.32 Å². The van der Waals surface area contributed by atoms with E-state index in [4.69, 9.17) is 4.74 Å². The molecule has 0 aromatic rings. The van der Waals surface area contributed by atoms with Gasteiger partial charge in [0.1, 0.15) is 0 Å². The predicted octanol–water partition coefficient (Wildman–Crippen LogP) is 24.6. The standard InChI is InChI=1S/C78H145NO5/c1-3-5-7-9-11-13-15-17-19-21-22-23-24-30-33-36-39-42-46-50-54-58-62-66-70-76(81)75(74-80)79-77(82)71-67-63-59-55-51-47-43-40-37-34-31-28-26-25-27-29-32-35-38-41-45-49-53-57-61-65-69-73-84-78(83)72-68-64-60-56-52-48-44-20-18-16-14-12-10-8-6-4-2/h14,16,20,25-26,29,32,44,66,70,75-76,80-81H,3-13,15,17-19,21-24,27-28,30-31,33-43,45-65,67-69,71-74H2,1-2H3,(H,79,82)/b16-14-,26-25-,32-29-,44-20-,70-66+. The maximum Gasteiger partial charge on any atom is 0.305 e. The number of esters is 1. The van der Waals surface area contributed by atoms with Crippen molar-refractivity contribution < 1.29 is 24.5 Å². The maximum absolute atomic E-state index is 12.5. The minimum absolute atomic E-state index is 0.00311. The highest BCUT2D eigenvalue weighted by molar-refractivity contribution is 5.76. The normalized spacial score (nSPS) is 12.9. The lowest BCUT2D eigenvalue weighted by molar-refractivity contribution is -0.143. The van der Waals surface area contributed by atoms with Crippen LogP contribution in [0.3, 0.4) is 0 Å². The highest BCUT2D eigenvalue weighted by Gasteiger charge is 2.18. The number of unbranched alkanes of at least 4 members (excludes halogenated alkanes) is 51. The third kappa shape index (κ3) is 68.7. The van der Waals surface area contributed by atoms with Gasteiger partial charge in [0.25, 0.3) is 0 Å². The highest BCUT2D eigenvalue weighted by Crippen LogP contribution is 2.18. The van der Waals surface area contributed by atoms with Gasteiger partial charge in [0.05, 0.1) is 25.4 Å². The van der Waals surface area contributed by atoms with E-state index in [1.54, 1.807) is 6.08 Å². The van der Waals surface area contributed by atoms with Crippen molar-refractivity contribution in [3.8, 4) is 0 Å². The van der Waals surface area contributed by atoms with E-state index in [1.165, 1.54) is 315 Å². The lowest BCUT2D eigenvalue weighted by Crippen LogP contribution is -2.45. The SMILES string of the molecule is CCCCCC/C=C\C/C=C\CCCCCCCC(=O)OCCCCCCCCCCC/C=C\C/C=C\CCCCCCCCCCCCCC(=O)NC(CO)C(O)/C=C/CCCCCCCCCCCCCCCCCCCCCCCC. The number of rotatable bonds is 70. The van der Waals surface area contributed by atoms with Crippen molar-refractivity contribution in [2.24, 2.45) is 0 Å². The minimum Gasteiger partial charge on any atom is -0.466 e. The van der Waals surface area contributed by atoms with Crippen LogP contribution in [-0.2, 0) is 14.3 Å². The van der Waals surface area contributed by atoms with Gasteiger partial charge in [-0.1, -0.05) is 351 Å². The predicted molar refractivity (Wildman–Crippen MR) is 370 cm³/mol. The highest BCUT2D eigenvalue weighted by atomic mass is 16.5. The summed E-state index contributed by atoms with van der Waals surface area (Å²) >= 11 is 0. The summed E-state index contributed by atoms with van der Waals surface area (Å²) in [5.41, 5.74) is 0. The number of hydrogen-bond acceptors (Lipinski definition) is 5. The van der Waals surface area contributed by atoms with Crippen molar-refractivity contribution >= 4 is 11.9 Å². The number of nitrogens with one attached hydrogen (secondary N) is 1. The Labute approximate surface area is 524 Å². The summed E-state index contributed by atoms with van der Waals surface area (Å²) in [6, 6.07) is -0.633. The molecule has 2 atom stereocenters. The monoisotopic (exact) mass is 1180 g/mol. The number of carbonyl (C=O) groups excluding carboxylic acids is 2. The average Bonchev–Trinajstić information content (AvgIpc) is 3.51. The van der Waals surface area contributed by atoms with Crippen molar-refractivity contribution in [3.63, 3.8) is 0 Å². The number of aliphatic hydroxyl groups excluding tert-OH is 2. The molecule has 0 aliphatic heterocycles. The Balaban J connectivity index is 3.45. The van der Waals surface area contributed by atoms with E-state index in [9.17, 15) is 19.8 Å². The Morgan fingerprint density at radius 1 is 0.333 bits per heavy atom. The summed E-state index contributed by atoms with van der Waals surface area (Å²) in [4.78, 5) is 24.6. The summed E-state index contributed by atoms with van der Waals surface area (Å²) in [6.45, 7) is 4.91. The van der Waals surface area contributed by atoms with Crippen LogP contribution >= 0.6 is 0 Å². The van der Waals surface area contributed by atoms with Gasteiger partial charge in [-0.25, -0.2) is 0 Å². The van der Waals surface area contributed by atoms with Crippen LogP contribution in [0.15, 0.2) is 60.8 Å². The van der Waals surface area contributed by atoms with Crippen molar-refractivity contribution in [2.45, 2.75) is 411 Å². The fourth-order valence-electron chi connectivity index (χ4n) is 11.5. The van der Waals surface area contributed by atoms with Crippen molar-refractivity contribution in [2.75, 3.05) is 13.2 Å². The molecule has 0 aromatic heterocycles. The summed E-state index contributed by atoms with van der Waals surface area (Å²) in [5.74, 6) is -0.0709. The minimum atomic E-state index is -0.850. The fraction of sp³-hybridized carbons (Fsp3) is 0.846. The molecule has 0 spiro atoms. The maximum atomic E-state index is 12.5. The molecule has 6 heteroatoms. The summed E-state index contributed by atoms with van der Waals surface area (Å²) in [5, 5.41) is 23.3. The molecular weight excluding hydrogens is 1030 g/mol. The van der Waals surface area contributed by atoms with E-state index in [2.05, 4.69) is 67.8 Å². The Morgan fingerprint density at radius 2 is 0.595 bits per heavy atom.